The zero-order valence-electron chi connectivity index (χ0n) is 19.8. The molecule has 0 saturated heterocycles. The van der Waals surface area contributed by atoms with Crippen LogP contribution in [0.1, 0.15) is 34.8 Å². The Morgan fingerprint density at radius 3 is 2.31 bits per heavy atom. The second-order valence-electron chi connectivity index (χ2n) is 8.77. The minimum absolute atomic E-state index is 0.00586. The number of nitrogens with zero attached hydrogens (tertiary/aromatic N) is 3. The molecular weight excluding hydrogens is 481 g/mol. The van der Waals surface area contributed by atoms with E-state index in [4.69, 9.17) is 23.2 Å². The Labute approximate surface area is 216 Å². The molecule has 3 aromatic carbocycles. The van der Waals surface area contributed by atoms with Gasteiger partial charge in [0.1, 0.15) is 0 Å². The fourth-order valence-electron chi connectivity index (χ4n) is 4.45. The molecule has 2 amide bonds. The summed E-state index contributed by atoms with van der Waals surface area (Å²) in [6.45, 7) is 5.45. The average molecular weight is 510 g/mol. The van der Waals surface area contributed by atoms with Gasteiger partial charge < -0.3 is 9.80 Å². The van der Waals surface area contributed by atoms with E-state index in [-0.39, 0.29) is 11.8 Å². The number of carbonyl (C=O) groups excluding carboxylic acids is 2. The summed E-state index contributed by atoms with van der Waals surface area (Å²) < 4.78 is 0. The van der Waals surface area contributed by atoms with Crippen LogP contribution in [0.4, 0.5) is 5.69 Å². The van der Waals surface area contributed by atoms with Crippen LogP contribution in [0.2, 0.25) is 10.0 Å². The van der Waals surface area contributed by atoms with Gasteiger partial charge in [-0.2, -0.15) is 0 Å². The van der Waals surface area contributed by atoms with Crippen LogP contribution in [0.3, 0.4) is 0 Å². The van der Waals surface area contributed by atoms with Crippen molar-refractivity contribution >= 4 is 40.7 Å². The largest absolute Gasteiger partial charge is 0.333 e. The van der Waals surface area contributed by atoms with E-state index >= 15 is 0 Å². The minimum Gasteiger partial charge on any atom is -0.333 e. The number of anilines is 1. The number of fused-ring (bicyclic) bond motifs is 1. The first-order valence-corrected chi connectivity index (χ1v) is 12.5. The molecule has 0 N–H and O–H groups in total. The molecule has 7 heteroatoms. The van der Waals surface area contributed by atoms with E-state index in [1.165, 1.54) is 5.56 Å². The molecule has 1 heterocycles. The summed E-state index contributed by atoms with van der Waals surface area (Å²) in [5.41, 5.74) is 3.50. The predicted molar refractivity (Wildman–Crippen MR) is 142 cm³/mol. The van der Waals surface area contributed by atoms with E-state index in [9.17, 15) is 9.59 Å². The molecule has 0 saturated carbocycles. The molecule has 5 nitrogen and oxygen atoms in total. The van der Waals surface area contributed by atoms with Crippen LogP contribution < -0.4 is 4.90 Å². The normalized spacial score (nSPS) is 15.3. The van der Waals surface area contributed by atoms with Crippen molar-refractivity contribution < 1.29 is 9.59 Å². The van der Waals surface area contributed by atoms with Gasteiger partial charge in [0.25, 0.3) is 5.91 Å². The highest BCUT2D eigenvalue weighted by atomic mass is 35.5. The summed E-state index contributed by atoms with van der Waals surface area (Å²) in [7, 11) is 0. The van der Waals surface area contributed by atoms with Gasteiger partial charge in [-0.05, 0) is 41.8 Å². The molecule has 0 aliphatic carbocycles. The van der Waals surface area contributed by atoms with E-state index in [2.05, 4.69) is 17.0 Å². The Morgan fingerprint density at radius 2 is 1.57 bits per heavy atom. The Morgan fingerprint density at radius 1 is 0.829 bits per heavy atom. The lowest BCUT2D eigenvalue weighted by molar-refractivity contribution is -0.116. The first-order valence-electron chi connectivity index (χ1n) is 11.8. The van der Waals surface area contributed by atoms with E-state index < -0.39 is 0 Å². The summed E-state index contributed by atoms with van der Waals surface area (Å²) in [4.78, 5) is 32.2. The highest BCUT2D eigenvalue weighted by Gasteiger charge is 2.23. The van der Waals surface area contributed by atoms with Gasteiger partial charge in [-0.3, -0.25) is 14.5 Å². The molecule has 35 heavy (non-hydrogen) atoms. The Bertz CT molecular complexity index is 1190. The number of hydrogen-bond acceptors (Lipinski definition) is 3. The van der Waals surface area contributed by atoms with Crippen molar-refractivity contribution in [2.24, 2.45) is 0 Å². The minimum atomic E-state index is -0.119. The predicted octanol–water partition coefficient (Wildman–Crippen LogP) is 5.89. The maximum atomic E-state index is 13.6. The van der Waals surface area contributed by atoms with Crippen molar-refractivity contribution in [3.05, 3.63) is 99.5 Å². The van der Waals surface area contributed by atoms with Crippen LogP contribution in [0.5, 0.6) is 0 Å². The van der Waals surface area contributed by atoms with Gasteiger partial charge in [-0.1, -0.05) is 71.7 Å². The van der Waals surface area contributed by atoms with Crippen LogP contribution in [-0.4, -0.2) is 47.8 Å². The van der Waals surface area contributed by atoms with Crippen molar-refractivity contribution in [3.8, 4) is 0 Å². The number of carbonyl (C=O) groups is 2. The molecule has 0 spiro atoms. The summed E-state index contributed by atoms with van der Waals surface area (Å²) in [5.74, 6) is -0.125. The van der Waals surface area contributed by atoms with Crippen LogP contribution in [0.15, 0.2) is 72.8 Å². The van der Waals surface area contributed by atoms with Gasteiger partial charge in [0, 0.05) is 57.4 Å². The molecule has 0 atom stereocenters. The monoisotopic (exact) mass is 509 g/mol. The van der Waals surface area contributed by atoms with Gasteiger partial charge >= 0.3 is 0 Å². The van der Waals surface area contributed by atoms with Crippen molar-refractivity contribution in [2.75, 3.05) is 31.1 Å². The Balaban J connectivity index is 1.67. The van der Waals surface area contributed by atoms with E-state index in [1.807, 2.05) is 52.3 Å². The van der Waals surface area contributed by atoms with Gasteiger partial charge in [0.05, 0.1) is 10.0 Å². The summed E-state index contributed by atoms with van der Waals surface area (Å²) in [6, 6.07) is 23.1. The van der Waals surface area contributed by atoms with E-state index in [0.29, 0.717) is 41.8 Å². The van der Waals surface area contributed by atoms with Crippen molar-refractivity contribution in [3.63, 3.8) is 0 Å². The van der Waals surface area contributed by atoms with Gasteiger partial charge in [0.15, 0.2) is 0 Å². The van der Waals surface area contributed by atoms with Gasteiger partial charge in [-0.25, -0.2) is 0 Å². The zero-order valence-corrected chi connectivity index (χ0v) is 21.3. The number of rotatable bonds is 3. The summed E-state index contributed by atoms with van der Waals surface area (Å²) >= 11 is 12.3. The fraction of sp³-hybridized carbons (Fsp3) is 0.286. The number of para-hydroxylation sites is 1. The molecule has 0 radical (unpaired) electrons. The summed E-state index contributed by atoms with van der Waals surface area (Å²) in [5, 5.41) is 0.765. The lowest BCUT2D eigenvalue weighted by Crippen LogP contribution is -2.38. The third kappa shape index (κ3) is 6.43. The molecule has 4 rings (SSSR count). The summed E-state index contributed by atoms with van der Waals surface area (Å²) in [6.07, 6.45) is 0.835. The molecule has 0 unspecified atom stereocenters. The molecule has 0 aromatic heterocycles. The van der Waals surface area contributed by atoms with E-state index in [0.717, 1.165) is 30.8 Å². The van der Waals surface area contributed by atoms with Crippen molar-refractivity contribution in [1.82, 2.24) is 9.80 Å². The third-order valence-electron chi connectivity index (χ3n) is 6.27. The second-order valence-corrected chi connectivity index (χ2v) is 9.58. The van der Waals surface area contributed by atoms with Crippen LogP contribution in [0, 0.1) is 0 Å². The average Bonchev–Trinajstić information content (AvgIpc) is 2.89. The molecule has 1 aliphatic rings. The van der Waals surface area contributed by atoms with Crippen molar-refractivity contribution in [1.29, 1.82) is 0 Å². The molecular formula is C28H29Cl2N3O2. The second kappa shape index (κ2) is 11.7. The quantitative estimate of drug-likeness (QED) is 0.441. The number of hydrogen-bond donors (Lipinski definition) is 0. The zero-order chi connectivity index (χ0) is 24.8. The maximum absolute atomic E-state index is 13.6. The van der Waals surface area contributed by atoms with Crippen LogP contribution in [-0.2, 0) is 17.9 Å². The first kappa shape index (κ1) is 25.2. The highest BCUT2D eigenvalue weighted by molar-refractivity contribution is 6.42. The smallest absolute Gasteiger partial charge is 0.254 e. The van der Waals surface area contributed by atoms with Crippen LogP contribution in [0.25, 0.3) is 0 Å². The molecule has 182 valence electrons. The number of halogens is 2. The molecule has 0 fully saturated rings. The standard InChI is InChI=1S/C28H29Cl2N3O2/c1-21(34)33-15-7-14-31(19-22-8-3-2-4-9-22)16-17-32(20-24-10-5-6-11-27(24)33)28(35)23-12-13-25(29)26(30)18-23/h2-6,8-13,18H,7,14-17,19-20H2,1H3. The maximum Gasteiger partial charge on any atom is 0.254 e. The third-order valence-corrected chi connectivity index (χ3v) is 7.01. The lowest BCUT2D eigenvalue weighted by Gasteiger charge is -2.28. The highest BCUT2D eigenvalue weighted by Crippen LogP contribution is 2.26. The Hall–Kier alpha value is -2.86. The van der Waals surface area contributed by atoms with Crippen molar-refractivity contribution in [2.45, 2.75) is 26.4 Å². The molecule has 1 aliphatic heterocycles. The first-order chi connectivity index (χ1) is 16.9. The van der Waals surface area contributed by atoms with Gasteiger partial charge in [-0.15, -0.1) is 0 Å². The van der Waals surface area contributed by atoms with Crippen LogP contribution >= 0.6 is 23.2 Å². The van der Waals surface area contributed by atoms with Gasteiger partial charge in [0.2, 0.25) is 5.91 Å². The molecule has 0 bridgehead atoms. The fourth-order valence-corrected chi connectivity index (χ4v) is 4.75. The topological polar surface area (TPSA) is 43.9 Å². The van der Waals surface area contributed by atoms with E-state index in [1.54, 1.807) is 25.1 Å². The Kier molecular flexibility index (Phi) is 8.45. The number of amides is 2. The number of benzene rings is 3. The SMILES string of the molecule is CC(=O)N1CCCN(Cc2ccccc2)CCN(C(=O)c2ccc(Cl)c(Cl)c2)Cc2ccccc21. The lowest BCUT2D eigenvalue weighted by atomic mass is 10.1. The molecule has 3 aromatic rings.